The molecule has 0 unspecified atom stereocenters. The molecule has 112 valence electrons. The molecule has 0 aliphatic carbocycles. The number of ether oxygens (including phenoxy) is 1. The van der Waals surface area contributed by atoms with Crippen molar-refractivity contribution in [2.24, 2.45) is 0 Å². The van der Waals surface area contributed by atoms with Crippen molar-refractivity contribution >= 4 is 11.6 Å². The molecule has 22 heavy (non-hydrogen) atoms. The van der Waals surface area contributed by atoms with Gasteiger partial charge in [0.15, 0.2) is 6.61 Å². The van der Waals surface area contributed by atoms with Gasteiger partial charge in [-0.25, -0.2) is 0 Å². The minimum Gasteiger partial charge on any atom is -0.484 e. The molecule has 0 bridgehead atoms. The first-order chi connectivity index (χ1) is 10.7. The average molecular weight is 315 g/mol. The van der Waals surface area contributed by atoms with Crippen molar-refractivity contribution in [3.8, 4) is 17.2 Å². The van der Waals surface area contributed by atoms with Crippen LogP contribution >= 0.6 is 11.6 Å². The van der Waals surface area contributed by atoms with E-state index < -0.39 is 0 Å². The van der Waals surface area contributed by atoms with Gasteiger partial charge < -0.3 is 9.15 Å². The Morgan fingerprint density at radius 3 is 2.77 bits per heavy atom. The fourth-order valence-corrected chi connectivity index (χ4v) is 2.24. The Hall–Kier alpha value is -2.33. The normalized spacial score (nSPS) is 10.6. The van der Waals surface area contributed by atoms with Crippen LogP contribution < -0.4 is 4.74 Å². The van der Waals surface area contributed by atoms with Crippen molar-refractivity contribution in [3.63, 3.8) is 0 Å². The van der Waals surface area contributed by atoms with Crippen molar-refractivity contribution in [3.05, 3.63) is 65.0 Å². The molecule has 0 fully saturated rings. The van der Waals surface area contributed by atoms with Crippen molar-refractivity contribution < 1.29 is 9.15 Å². The second-order valence-corrected chi connectivity index (χ2v) is 5.24. The van der Waals surface area contributed by atoms with Gasteiger partial charge >= 0.3 is 0 Å². The number of aromatic nitrogens is 2. The number of nitrogens with zero attached hydrogens (tertiary/aromatic N) is 2. The summed E-state index contributed by atoms with van der Waals surface area (Å²) in [6, 6.07) is 15.2. The second-order valence-electron chi connectivity index (χ2n) is 4.80. The van der Waals surface area contributed by atoms with E-state index in [1.54, 1.807) is 12.1 Å². The van der Waals surface area contributed by atoms with Crippen molar-refractivity contribution in [2.75, 3.05) is 0 Å². The molecule has 0 aliphatic heterocycles. The van der Waals surface area contributed by atoms with Crippen LogP contribution in [-0.4, -0.2) is 10.2 Å². The molecule has 3 aromatic rings. The fourth-order valence-electron chi connectivity index (χ4n) is 2.05. The van der Waals surface area contributed by atoms with Crippen molar-refractivity contribution in [1.82, 2.24) is 10.2 Å². The molecule has 0 aliphatic rings. The zero-order valence-corrected chi connectivity index (χ0v) is 12.9. The van der Waals surface area contributed by atoms with Crippen molar-refractivity contribution in [2.45, 2.75) is 20.0 Å². The van der Waals surface area contributed by atoms with E-state index in [1.807, 2.05) is 30.3 Å². The molecule has 0 N–H and O–H groups in total. The van der Waals surface area contributed by atoms with E-state index in [1.165, 1.54) is 5.56 Å². The predicted molar refractivity (Wildman–Crippen MR) is 84.9 cm³/mol. The molecule has 0 amide bonds. The van der Waals surface area contributed by atoms with E-state index in [2.05, 4.69) is 23.2 Å². The van der Waals surface area contributed by atoms with Crippen LogP contribution in [0.25, 0.3) is 11.5 Å². The highest BCUT2D eigenvalue weighted by Gasteiger charge is 2.09. The Labute approximate surface area is 133 Å². The highest BCUT2D eigenvalue weighted by Crippen LogP contribution is 2.22. The molecule has 0 atom stereocenters. The standard InChI is InChI=1S/C17H15ClN2O2/c1-2-12-5-3-8-15(9-12)21-11-16-19-20-17(22-16)13-6-4-7-14(18)10-13/h3-10H,2,11H2,1H3. The molecule has 3 rings (SSSR count). The summed E-state index contributed by atoms with van der Waals surface area (Å²) in [6.45, 7) is 2.34. The number of benzene rings is 2. The lowest BCUT2D eigenvalue weighted by molar-refractivity contribution is 0.264. The average Bonchev–Trinajstić information content (AvgIpc) is 3.02. The topological polar surface area (TPSA) is 48.2 Å². The van der Waals surface area contributed by atoms with E-state index >= 15 is 0 Å². The van der Waals surface area contributed by atoms with E-state index in [0.717, 1.165) is 17.7 Å². The Balaban J connectivity index is 1.69. The van der Waals surface area contributed by atoms with Gasteiger partial charge in [0, 0.05) is 10.6 Å². The maximum absolute atomic E-state index is 5.96. The summed E-state index contributed by atoms with van der Waals surface area (Å²) < 4.78 is 11.3. The summed E-state index contributed by atoms with van der Waals surface area (Å²) in [4.78, 5) is 0. The molecule has 1 aromatic heterocycles. The molecule has 0 saturated carbocycles. The van der Waals surface area contributed by atoms with Gasteiger partial charge in [0.2, 0.25) is 5.89 Å². The Morgan fingerprint density at radius 1 is 1.09 bits per heavy atom. The SMILES string of the molecule is CCc1cccc(OCc2nnc(-c3cccc(Cl)c3)o2)c1. The lowest BCUT2D eigenvalue weighted by atomic mass is 10.2. The highest BCUT2D eigenvalue weighted by molar-refractivity contribution is 6.30. The van der Waals surface area contributed by atoms with Crippen LogP contribution in [0, 0.1) is 0 Å². The van der Waals surface area contributed by atoms with Gasteiger partial charge in [0.25, 0.3) is 5.89 Å². The maximum Gasteiger partial charge on any atom is 0.254 e. The minimum absolute atomic E-state index is 0.237. The third-order valence-corrected chi connectivity index (χ3v) is 3.44. The Morgan fingerprint density at radius 2 is 1.95 bits per heavy atom. The number of rotatable bonds is 5. The molecule has 4 nitrogen and oxygen atoms in total. The van der Waals surface area contributed by atoms with E-state index in [9.17, 15) is 0 Å². The summed E-state index contributed by atoms with van der Waals surface area (Å²) in [6.07, 6.45) is 0.969. The number of hydrogen-bond donors (Lipinski definition) is 0. The van der Waals surface area contributed by atoms with Crippen LogP contribution in [0.5, 0.6) is 5.75 Å². The van der Waals surface area contributed by atoms with Crippen molar-refractivity contribution in [1.29, 1.82) is 0 Å². The molecular weight excluding hydrogens is 300 g/mol. The smallest absolute Gasteiger partial charge is 0.254 e. The zero-order chi connectivity index (χ0) is 15.4. The van der Waals surface area contributed by atoms with Crippen LogP contribution in [0.4, 0.5) is 0 Å². The van der Waals surface area contributed by atoms with Crippen LogP contribution in [-0.2, 0) is 13.0 Å². The van der Waals surface area contributed by atoms with Gasteiger partial charge in [-0.2, -0.15) is 0 Å². The summed E-state index contributed by atoms with van der Waals surface area (Å²) in [5, 5.41) is 8.64. The Kier molecular flexibility index (Phi) is 4.39. The van der Waals surface area contributed by atoms with Gasteiger partial charge in [0.05, 0.1) is 0 Å². The van der Waals surface area contributed by atoms with Gasteiger partial charge in [0.1, 0.15) is 5.75 Å². The number of halogens is 1. The molecule has 1 heterocycles. The lowest BCUT2D eigenvalue weighted by Crippen LogP contribution is -1.96. The third-order valence-electron chi connectivity index (χ3n) is 3.21. The first-order valence-corrected chi connectivity index (χ1v) is 7.42. The second kappa shape index (κ2) is 6.62. The van der Waals surface area contributed by atoms with E-state index in [4.69, 9.17) is 20.8 Å². The minimum atomic E-state index is 0.237. The number of aryl methyl sites for hydroxylation is 1. The quantitative estimate of drug-likeness (QED) is 0.694. The molecular formula is C17H15ClN2O2. The van der Waals surface area contributed by atoms with E-state index in [-0.39, 0.29) is 6.61 Å². The molecule has 5 heteroatoms. The van der Waals surface area contributed by atoms with Gasteiger partial charge in [-0.15, -0.1) is 10.2 Å². The van der Waals surface area contributed by atoms with Crippen LogP contribution in [0.1, 0.15) is 18.4 Å². The highest BCUT2D eigenvalue weighted by atomic mass is 35.5. The third kappa shape index (κ3) is 3.46. The van der Waals surface area contributed by atoms with Crippen LogP contribution in [0.2, 0.25) is 5.02 Å². The summed E-state index contributed by atoms with van der Waals surface area (Å²) in [7, 11) is 0. The lowest BCUT2D eigenvalue weighted by Gasteiger charge is -2.04. The molecule has 0 spiro atoms. The molecule has 0 saturated heterocycles. The molecule has 2 aromatic carbocycles. The van der Waals surface area contributed by atoms with Gasteiger partial charge in [-0.1, -0.05) is 36.7 Å². The predicted octanol–water partition coefficient (Wildman–Crippen LogP) is 4.53. The summed E-state index contributed by atoms with van der Waals surface area (Å²) >= 11 is 5.96. The monoisotopic (exact) mass is 314 g/mol. The first-order valence-electron chi connectivity index (χ1n) is 7.04. The largest absolute Gasteiger partial charge is 0.484 e. The Bertz CT molecular complexity index is 771. The summed E-state index contributed by atoms with van der Waals surface area (Å²) in [5.74, 6) is 1.65. The summed E-state index contributed by atoms with van der Waals surface area (Å²) in [5.41, 5.74) is 2.02. The maximum atomic E-state index is 5.96. The van der Waals surface area contributed by atoms with Gasteiger partial charge in [-0.3, -0.25) is 0 Å². The zero-order valence-electron chi connectivity index (χ0n) is 12.1. The van der Waals surface area contributed by atoms with Crippen LogP contribution in [0.15, 0.2) is 52.9 Å². The molecule has 0 radical (unpaired) electrons. The first kappa shape index (κ1) is 14.6. The number of hydrogen-bond acceptors (Lipinski definition) is 4. The van der Waals surface area contributed by atoms with E-state index in [0.29, 0.717) is 16.8 Å². The fraction of sp³-hybridized carbons (Fsp3) is 0.176. The van der Waals surface area contributed by atoms with Crippen LogP contribution in [0.3, 0.4) is 0 Å². The van der Waals surface area contributed by atoms with Gasteiger partial charge in [-0.05, 0) is 42.3 Å².